The van der Waals surface area contributed by atoms with E-state index >= 15 is 0 Å². The van der Waals surface area contributed by atoms with Gasteiger partial charge < -0.3 is 9.53 Å². The van der Waals surface area contributed by atoms with E-state index in [-0.39, 0.29) is 30.9 Å². The monoisotopic (exact) mass is 721 g/mol. The average Bonchev–Trinajstić information content (AvgIpc) is 3.49. The van der Waals surface area contributed by atoms with Crippen LogP contribution in [0.1, 0.15) is 58.2 Å². The summed E-state index contributed by atoms with van der Waals surface area (Å²) >= 11 is 0. The Morgan fingerprint density at radius 1 is 0.902 bits per heavy atom. The SMILES string of the molecule is CC(C)c1c(C#CCO[P+](=O)CC(CC(=O)O)O[Si](c2ccccc2)(c2ccccc2)C(C)(C)C)c(-c2ccc(F)cc2)nn1-c1ccccc1. The maximum Gasteiger partial charge on any atom is 0.511 e. The number of carboxylic acid groups (broad SMARTS) is 1. The van der Waals surface area contributed by atoms with Crippen molar-refractivity contribution in [2.75, 3.05) is 12.8 Å². The second-order valence-electron chi connectivity index (χ2n) is 13.6. The van der Waals surface area contributed by atoms with Crippen LogP contribution < -0.4 is 10.4 Å². The van der Waals surface area contributed by atoms with E-state index in [0.29, 0.717) is 16.8 Å². The molecule has 0 aliphatic rings. The van der Waals surface area contributed by atoms with Crippen LogP contribution in [0.3, 0.4) is 0 Å². The summed E-state index contributed by atoms with van der Waals surface area (Å²) in [6, 6.07) is 35.7. The minimum Gasteiger partial charge on any atom is -0.481 e. The number of hydrogen-bond donors (Lipinski definition) is 1. The van der Waals surface area contributed by atoms with Gasteiger partial charge >= 0.3 is 14.0 Å². The number of para-hydroxylation sites is 1. The molecule has 0 aliphatic carbocycles. The van der Waals surface area contributed by atoms with E-state index in [1.165, 1.54) is 12.1 Å². The van der Waals surface area contributed by atoms with Crippen LogP contribution in [0.2, 0.25) is 5.04 Å². The van der Waals surface area contributed by atoms with Crippen molar-refractivity contribution in [1.29, 1.82) is 0 Å². The molecule has 262 valence electrons. The summed E-state index contributed by atoms with van der Waals surface area (Å²) in [5.41, 5.74) is 3.71. The van der Waals surface area contributed by atoms with Gasteiger partial charge in [0.2, 0.25) is 6.16 Å². The Balaban J connectivity index is 1.43. The lowest BCUT2D eigenvalue weighted by molar-refractivity contribution is -0.138. The molecule has 5 aromatic rings. The quantitative estimate of drug-likeness (QED) is 0.0747. The van der Waals surface area contributed by atoms with Gasteiger partial charge in [0.15, 0.2) is 6.61 Å². The van der Waals surface area contributed by atoms with Crippen LogP contribution in [0.4, 0.5) is 4.39 Å². The fourth-order valence-corrected chi connectivity index (χ4v) is 12.1. The van der Waals surface area contributed by atoms with Crippen LogP contribution in [-0.2, 0) is 18.3 Å². The van der Waals surface area contributed by atoms with Crippen molar-refractivity contribution < 1.29 is 27.8 Å². The number of nitrogens with zero attached hydrogens (tertiary/aromatic N) is 2. The fraction of sp³-hybridized carbons (Fsp3) is 0.268. The molecular weight excluding hydrogens is 679 g/mol. The third-order valence-corrected chi connectivity index (χ3v) is 14.8. The zero-order valence-corrected chi connectivity index (χ0v) is 31.4. The van der Waals surface area contributed by atoms with Crippen LogP contribution in [0.25, 0.3) is 16.9 Å². The minimum atomic E-state index is -3.12. The third-order valence-electron chi connectivity index (χ3n) is 8.60. The third kappa shape index (κ3) is 8.78. The Kier molecular flexibility index (Phi) is 12.2. The highest BCUT2D eigenvalue weighted by Gasteiger charge is 2.52. The molecule has 2 atom stereocenters. The molecule has 7 nitrogen and oxygen atoms in total. The Morgan fingerprint density at radius 3 is 1.96 bits per heavy atom. The van der Waals surface area contributed by atoms with E-state index in [9.17, 15) is 18.9 Å². The fourth-order valence-electron chi connectivity index (χ4n) is 6.39. The van der Waals surface area contributed by atoms with Gasteiger partial charge in [-0.05, 0) is 62.3 Å². The van der Waals surface area contributed by atoms with E-state index < -0.39 is 33.5 Å². The number of aliphatic carboxylic acids is 1. The molecule has 0 bridgehead atoms. The predicted octanol–water partition coefficient (Wildman–Crippen LogP) is 8.33. The molecule has 1 N–H and O–H groups in total. The zero-order chi connectivity index (χ0) is 36.6. The first-order valence-corrected chi connectivity index (χ1v) is 20.2. The lowest BCUT2D eigenvalue weighted by Gasteiger charge is -2.44. The first-order valence-electron chi connectivity index (χ1n) is 16.9. The van der Waals surface area contributed by atoms with Gasteiger partial charge in [0, 0.05) is 5.56 Å². The summed E-state index contributed by atoms with van der Waals surface area (Å²) in [5.74, 6) is 4.86. The molecule has 0 saturated heterocycles. The molecule has 0 radical (unpaired) electrons. The first-order chi connectivity index (χ1) is 24.4. The maximum absolute atomic E-state index is 13.8. The van der Waals surface area contributed by atoms with Crippen LogP contribution >= 0.6 is 8.03 Å². The summed E-state index contributed by atoms with van der Waals surface area (Å²) in [6.45, 7) is 10.3. The van der Waals surface area contributed by atoms with Crippen LogP contribution in [0.15, 0.2) is 115 Å². The largest absolute Gasteiger partial charge is 0.511 e. The number of halogens is 1. The van der Waals surface area contributed by atoms with Crippen molar-refractivity contribution in [1.82, 2.24) is 9.78 Å². The first kappa shape index (κ1) is 37.5. The van der Waals surface area contributed by atoms with Crippen LogP contribution in [0, 0.1) is 17.7 Å². The molecule has 51 heavy (non-hydrogen) atoms. The van der Waals surface area contributed by atoms with Crippen molar-refractivity contribution in [3.63, 3.8) is 0 Å². The summed E-state index contributed by atoms with van der Waals surface area (Å²) in [4.78, 5) is 12.1. The van der Waals surface area contributed by atoms with Gasteiger partial charge in [-0.2, -0.15) is 5.10 Å². The molecule has 1 aromatic heterocycles. The molecule has 0 amide bonds. The molecule has 5 rings (SSSR count). The number of rotatable bonds is 13. The van der Waals surface area contributed by atoms with Gasteiger partial charge in [0.05, 0.1) is 23.4 Å². The topological polar surface area (TPSA) is 90.7 Å². The van der Waals surface area contributed by atoms with E-state index in [2.05, 4.69) is 46.5 Å². The normalized spacial score (nSPS) is 12.6. The molecule has 0 fully saturated rings. The van der Waals surface area contributed by atoms with Gasteiger partial charge in [0.25, 0.3) is 8.32 Å². The van der Waals surface area contributed by atoms with Crippen molar-refractivity contribution in [3.8, 4) is 28.8 Å². The van der Waals surface area contributed by atoms with Crippen molar-refractivity contribution in [2.24, 2.45) is 0 Å². The molecule has 4 aromatic carbocycles. The summed E-state index contributed by atoms with van der Waals surface area (Å²) in [7, 11) is -5.47. The standard InChI is InChI=1S/C41H42FN2O5PSi/c1-30(2)40-37(39(31-23-25-32(42)26-24-31)43-44(40)33-16-9-6-10-17-33)22-15-27-48-50(47)29-34(28-38(45)46)49-51(41(3,4)5,35-18-11-7-12-19-35)36-20-13-8-14-21-36/h6-14,16-21,23-26,30,34H,27-29H2,1-5H3/p+1. The van der Waals surface area contributed by atoms with Crippen molar-refractivity contribution >= 4 is 32.7 Å². The van der Waals surface area contributed by atoms with Crippen molar-refractivity contribution in [3.05, 3.63) is 132 Å². The molecule has 0 spiro atoms. The van der Waals surface area contributed by atoms with Crippen LogP contribution in [-0.4, -0.2) is 48.0 Å². The molecule has 0 saturated carbocycles. The molecular formula is C41H43FN2O5PSi+. The van der Waals surface area contributed by atoms with E-state index in [4.69, 9.17) is 14.0 Å². The van der Waals surface area contributed by atoms with E-state index in [0.717, 1.165) is 21.8 Å². The lowest BCUT2D eigenvalue weighted by atomic mass is 10.00. The zero-order valence-electron chi connectivity index (χ0n) is 29.5. The average molecular weight is 722 g/mol. The number of carboxylic acids is 1. The lowest BCUT2D eigenvalue weighted by Crippen LogP contribution is -2.68. The second-order valence-corrected chi connectivity index (χ2v) is 19.2. The number of benzene rings is 4. The highest BCUT2D eigenvalue weighted by Crippen LogP contribution is 2.39. The van der Waals surface area contributed by atoms with E-state index in [1.54, 1.807) is 12.1 Å². The molecule has 10 heteroatoms. The molecule has 2 unspecified atom stereocenters. The van der Waals surface area contributed by atoms with Crippen molar-refractivity contribution in [2.45, 2.75) is 58.1 Å². The molecule has 0 aliphatic heterocycles. The predicted molar refractivity (Wildman–Crippen MR) is 203 cm³/mol. The number of hydrogen-bond acceptors (Lipinski definition) is 5. The molecule has 1 heterocycles. The Morgan fingerprint density at radius 2 is 1.45 bits per heavy atom. The smallest absolute Gasteiger partial charge is 0.481 e. The minimum absolute atomic E-state index is 0.0316. The van der Waals surface area contributed by atoms with Gasteiger partial charge in [-0.25, -0.2) is 9.07 Å². The summed E-state index contributed by atoms with van der Waals surface area (Å²) < 4.78 is 41.9. The summed E-state index contributed by atoms with van der Waals surface area (Å²) in [5, 5.41) is 16.4. The Hall–Kier alpha value is -4.71. The Bertz CT molecular complexity index is 1960. The van der Waals surface area contributed by atoms with Gasteiger partial charge in [-0.1, -0.05) is 125 Å². The number of aromatic nitrogens is 2. The van der Waals surface area contributed by atoms with Gasteiger partial charge in [0.1, 0.15) is 17.6 Å². The Labute approximate surface area is 301 Å². The number of carbonyl (C=O) groups is 1. The highest BCUT2D eigenvalue weighted by atomic mass is 31.1. The second kappa shape index (κ2) is 16.5. The highest BCUT2D eigenvalue weighted by molar-refractivity contribution is 7.39. The van der Waals surface area contributed by atoms with Crippen LogP contribution in [0.5, 0.6) is 0 Å². The van der Waals surface area contributed by atoms with Gasteiger partial charge in [-0.15, -0.1) is 4.52 Å². The maximum atomic E-state index is 13.8. The summed E-state index contributed by atoms with van der Waals surface area (Å²) in [6.07, 6.45) is -1.33. The van der Waals surface area contributed by atoms with Gasteiger partial charge in [-0.3, -0.25) is 4.79 Å². The van der Waals surface area contributed by atoms with E-state index in [1.807, 2.05) is 95.7 Å².